The van der Waals surface area contributed by atoms with Crippen molar-refractivity contribution in [2.24, 2.45) is 0 Å². The van der Waals surface area contributed by atoms with Crippen molar-refractivity contribution < 1.29 is 14.3 Å². The monoisotopic (exact) mass is 232 g/mol. The number of hydrogen-bond acceptors (Lipinski definition) is 3. The summed E-state index contributed by atoms with van der Waals surface area (Å²) in [5.74, 6) is -0.348. The van der Waals surface area contributed by atoms with Gasteiger partial charge in [0.15, 0.2) is 0 Å². The lowest BCUT2D eigenvalue weighted by Crippen LogP contribution is -2.12. The minimum atomic E-state index is -0.348. The summed E-state index contributed by atoms with van der Waals surface area (Å²) in [7, 11) is 0. The fraction of sp³-hybridized carbons (Fsp3) is 0.357. The van der Waals surface area contributed by atoms with Crippen molar-refractivity contribution in [2.45, 2.75) is 25.6 Å². The van der Waals surface area contributed by atoms with Crippen molar-refractivity contribution in [3.05, 3.63) is 48.0 Å². The predicted molar refractivity (Wildman–Crippen MR) is 64.6 cm³/mol. The van der Waals surface area contributed by atoms with Gasteiger partial charge >= 0.3 is 5.97 Å². The first-order valence-corrected chi connectivity index (χ1v) is 5.69. The van der Waals surface area contributed by atoms with Gasteiger partial charge in [-0.2, -0.15) is 0 Å². The van der Waals surface area contributed by atoms with Gasteiger partial charge in [-0.3, -0.25) is 0 Å². The lowest BCUT2D eigenvalue weighted by Gasteiger charge is -2.01. The second kappa shape index (κ2) is 5.15. The highest BCUT2D eigenvalue weighted by Crippen LogP contribution is 2.26. The van der Waals surface area contributed by atoms with Crippen LogP contribution in [0.3, 0.4) is 0 Å². The lowest BCUT2D eigenvalue weighted by atomic mass is 10.1. The summed E-state index contributed by atoms with van der Waals surface area (Å²) in [5, 5.41) is 0. The van der Waals surface area contributed by atoms with Crippen LogP contribution in [-0.4, -0.2) is 24.8 Å². The Kier molecular flexibility index (Phi) is 3.59. The Hall–Kier alpha value is -1.61. The molecule has 0 saturated carbocycles. The van der Waals surface area contributed by atoms with E-state index in [9.17, 15) is 4.79 Å². The first-order valence-electron chi connectivity index (χ1n) is 5.69. The topological polar surface area (TPSA) is 38.8 Å². The Morgan fingerprint density at radius 1 is 1.35 bits per heavy atom. The number of ether oxygens (including phenoxy) is 2. The lowest BCUT2D eigenvalue weighted by molar-refractivity contribution is -0.139. The molecule has 1 saturated heterocycles. The van der Waals surface area contributed by atoms with Gasteiger partial charge in [-0.25, -0.2) is 4.79 Å². The summed E-state index contributed by atoms with van der Waals surface area (Å²) < 4.78 is 10.5. The molecule has 0 N–H and O–H groups in total. The molecule has 0 bridgehead atoms. The van der Waals surface area contributed by atoms with E-state index in [0.29, 0.717) is 12.2 Å². The maximum atomic E-state index is 11.2. The molecule has 1 aromatic rings. The molecular formula is C14H16O3. The Balaban J connectivity index is 1.71. The number of benzene rings is 1. The molecule has 2 atom stereocenters. The molecule has 0 spiro atoms. The van der Waals surface area contributed by atoms with Crippen LogP contribution in [0.1, 0.15) is 12.5 Å². The van der Waals surface area contributed by atoms with Crippen LogP contribution in [0.25, 0.3) is 0 Å². The number of esters is 1. The molecule has 0 aromatic heterocycles. The molecule has 90 valence electrons. The van der Waals surface area contributed by atoms with Crippen LogP contribution in [0.2, 0.25) is 0 Å². The SMILES string of the molecule is C=C(C)C(=O)OCC1OC1Cc1ccccc1. The predicted octanol–water partition coefficient (Wildman–Crippen LogP) is 2.12. The zero-order valence-electron chi connectivity index (χ0n) is 9.89. The Labute approximate surface area is 101 Å². The van der Waals surface area contributed by atoms with Gasteiger partial charge in [-0.1, -0.05) is 36.9 Å². The molecule has 0 radical (unpaired) electrons. The summed E-state index contributed by atoms with van der Waals surface area (Å²) in [5.41, 5.74) is 1.66. The molecule has 0 amide bonds. The average molecular weight is 232 g/mol. The van der Waals surface area contributed by atoms with E-state index >= 15 is 0 Å². The third kappa shape index (κ3) is 3.43. The van der Waals surface area contributed by atoms with Gasteiger partial charge in [-0.15, -0.1) is 0 Å². The fourth-order valence-electron chi connectivity index (χ4n) is 1.63. The Bertz CT molecular complexity index is 411. The van der Waals surface area contributed by atoms with Crippen LogP contribution >= 0.6 is 0 Å². The van der Waals surface area contributed by atoms with E-state index in [1.807, 2.05) is 18.2 Å². The number of hydrogen-bond donors (Lipinski definition) is 0. The molecule has 0 aliphatic carbocycles. The summed E-state index contributed by atoms with van der Waals surface area (Å²) in [6.07, 6.45) is 1.09. The van der Waals surface area contributed by atoms with Gasteiger partial charge < -0.3 is 9.47 Å². The standard InChI is InChI=1S/C14H16O3/c1-10(2)14(15)16-9-13-12(17-13)8-11-6-4-3-5-7-11/h3-7,12-13H,1,8-9H2,2H3. The number of carbonyl (C=O) groups excluding carboxylic acids is 1. The zero-order valence-corrected chi connectivity index (χ0v) is 9.89. The highest BCUT2D eigenvalue weighted by molar-refractivity contribution is 5.86. The van der Waals surface area contributed by atoms with Crippen LogP contribution in [0.5, 0.6) is 0 Å². The van der Waals surface area contributed by atoms with Gasteiger partial charge in [-0.05, 0) is 12.5 Å². The van der Waals surface area contributed by atoms with Gasteiger partial charge in [0, 0.05) is 12.0 Å². The fourth-order valence-corrected chi connectivity index (χ4v) is 1.63. The maximum Gasteiger partial charge on any atom is 0.333 e. The Morgan fingerprint density at radius 3 is 2.71 bits per heavy atom. The molecule has 1 aliphatic heterocycles. The summed E-state index contributed by atoms with van der Waals surface area (Å²) in [6, 6.07) is 10.1. The van der Waals surface area contributed by atoms with Crippen molar-refractivity contribution in [1.29, 1.82) is 0 Å². The molecule has 17 heavy (non-hydrogen) atoms. The van der Waals surface area contributed by atoms with Gasteiger partial charge in [0.25, 0.3) is 0 Å². The van der Waals surface area contributed by atoms with E-state index in [4.69, 9.17) is 9.47 Å². The largest absolute Gasteiger partial charge is 0.459 e. The molecule has 2 rings (SSSR count). The summed E-state index contributed by atoms with van der Waals surface area (Å²) in [4.78, 5) is 11.2. The van der Waals surface area contributed by atoms with Gasteiger partial charge in [0.1, 0.15) is 12.7 Å². The molecule has 3 nitrogen and oxygen atoms in total. The second-order valence-electron chi connectivity index (χ2n) is 4.28. The molecule has 1 aromatic carbocycles. The normalized spacial score (nSPS) is 21.9. The minimum absolute atomic E-state index is 0.0403. The molecule has 1 fully saturated rings. The zero-order chi connectivity index (χ0) is 12.3. The highest BCUT2D eigenvalue weighted by Gasteiger charge is 2.39. The summed E-state index contributed by atoms with van der Waals surface area (Å²) in [6.45, 7) is 5.48. The van der Waals surface area contributed by atoms with Crippen molar-refractivity contribution in [3.8, 4) is 0 Å². The molecule has 2 unspecified atom stereocenters. The third-order valence-corrected chi connectivity index (χ3v) is 2.69. The van der Waals surface area contributed by atoms with Gasteiger partial charge in [0.05, 0.1) is 6.10 Å². The van der Waals surface area contributed by atoms with E-state index in [1.54, 1.807) is 6.92 Å². The number of rotatable bonds is 5. The Morgan fingerprint density at radius 2 is 2.06 bits per heavy atom. The second-order valence-corrected chi connectivity index (χ2v) is 4.28. The van der Waals surface area contributed by atoms with Crippen molar-refractivity contribution in [3.63, 3.8) is 0 Å². The smallest absolute Gasteiger partial charge is 0.333 e. The third-order valence-electron chi connectivity index (χ3n) is 2.69. The summed E-state index contributed by atoms with van der Waals surface area (Å²) >= 11 is 0. The molecule has 1 aliphatic rings. The average Bonchev–Trinajstić information content (AvgIpc) is 3.05. The van der Waals surface area contributed by atoms with Crippen LogP contribution < -0.4 is 0 Å². The van der Waals surface area contributed by atoms with E-state index < -0.39 is 0 Å². The number of epoxide rings is 1. The van der Waals surface area contributed by atoms with E-state index in [-0.39, 0.29) is 18.2 Å². The van der Waals surface area contributed by atoms with E-state index in [2.05, 4.69) is 18.7 Å². The molecule has 3 heteroatoms. The maximum absolute atomic E-state index is 11.2. The van der Waals surface area contributed by atoms with Crippen LogP contribution in [-0.2, 0) is 20.7 Å². The molecule has 1 heterocycles. The minimum Gasteiger partial charge on any atom is -0.459 e. The van der Waals surface area contributed by atoms with Crippen molar-refractivity contribution in [1.82, 2.24) is 0 Å². The van der Waals surface area contributed by atoms with Crippen LogP contribution in [0, 0.1) is 0 Å². The number of carbonyl (C=O) groups is 1. The quantitative estimate of drug-likeness (QED) is 0.443. The van der Waals surface area contributed by atoms with E-state index in [1.165, 1.54) is 5.56 Å². The van der Waals surface area contributed by atoms with Crippen molar-refractivity contribution >= 4 is 5.97 Å². The van der Waals surface area contributed by atoms with Crippen LogP contribution in [0.4, 0.5) is 0 Å². The van der Waals surface area contributed by atoms with Crippen molar-refractivity contribution in [2.75, 3.05) is 6.61 Å². The van der Waals surface area contributed by atoms with Crippen LogP contribution in [0.15, 0.2) is 42.5 Å². The highest BCUT2D eigenvalue weighted by atomic mass is 16.6. The molecular weight excluding hydrogens is 216 g/mol. The van der Waals surface area contributed by atoms with Gasteiger partial charge in [0.2, 0.25) is 0 Å². The first-order chi connectivity index (χ1) is 8.16. The first kappa shape index (κ1) is 11.9. The van der Waals surface area contributed by atoms with E-state index in [0.717, 1.165) is 6.42 Å².